The summed E-state index contributed by atoms with van der Waals surface area (Å²) in [6.45, 7) is 0.571. The van der Waals surface area contributed by atoms with Crippen LogP contribution in [0.2, 0.25) is 0 Å². The molecule has 1 amide bonds. The van der Waals surface area contributed by atoms with Crippen molar-refractivity contribution >= 4 is 29.3 Å². The minimum atomic E-state index is -0.992. The van der Waals surface area contributed by atoms with Gasteiger partial charge in [0.2, 0.25) is 0 Å². The van der Waals surface area contributed by atoms with E-state index in [1.54, 1.807) is 37.3 Å². The molecule has 2 aromatic carbocycles. The number of carbonyl (C=O) groups excluding carboxylic acids is 1. The summed E-state index contributed by atoms with van der Waals surface area (Å²) in [5.41, 5.74) is 4.08. The smallest absolute Gasteiger partial charge is 0.326 e. The lowest BCUT2D eigenvalue weighted by molar-refractivity contribution is -0.142. The first kappa shape index (κ1) is 23.3. The van der Waals surface area contributed by atoms with Crippen molar-refractivity contribution in [3.63, 3.8) is 0 Å². The average Bonchev–Trinajstić information content (AvgIpc) is 2.83. The second-order valence-corrected chi connectivity index (χ2v) is 8.38. The van der Waals surface area contributed by atoms with Crippen LogP contribution in [0, 0.1) is 0 Å². The van der Waals surface area contributed by atoms with Gasteiger partial charge in [0.15, 0.2) is 0 Å². The molecule has 3 rings (SSSR count). The molecule has 0 saturated heterocycles. The Balaban J connectivity index is 1.92. The van der Waals surface area contributed by atoms with Gasteiger partial charge in [-0.25, -0.2) is 4.79 Å². The highest BCUT2D eigenvalue weighted by Gasteiger charge is 2.28. The first-order valence-electron chi connectivity index (χ1n) is 10.3. The standard InChI is InChI=1S/C25H27N3O3S/c1-28(23(25(30)31)12-14-32-2)24(29)21-11-10-18(16-27-20-9-6-13-26-17-20)15-22(21)19-7-4-3-5-8-19/h3-11,13,15,17,23,27H,12,14,16H2,1-2H3,(H,30,31)/t23-/m0/s1. The van der Waals surface area contributed by atoms with Crippen LogP contribution in [0.5, 0.6) is 0 Å². The van der Waals surface area contributed by atoms with Crippen LogP contribution in [0.4, 0.5) is 5.69 Å². The van der Waals surface area contributed by atoms with E-state index < -0.39 is 12.0 Å². The molecule has 166 valence electrons. The minimum Gasteiger partial charge on any atom is -0.480 e. The zero-order chi connectivity index (χ0) is 22.9. The third kappa shape index (κ3) is 5.88. The van der Waals surface area contributed by atoms with Crippen molar-refractivity contribution in [1.82, 2.24) is 9.88 Å². The Labute approximate surface area is 192 Å². The molecule has 3 aromatic rings. The third-order valence-corrected chi connectivity index (χ3v) is 5.87. The molecule has 0 spiro atoms. The third-order valence-electron chi connectivity index (χ3n) is 5.23. The molecule has 0 radical (unpaired) electrons. The number of thioether (sulfide) groups is 1. The number of carboxylic acids is 1. The van der Waals surface area contributed by atoms with Gasteiger partial charge in [-0.15, -0.1) is 0 Å². The second-order valence-electron chi connectivity index (χ2n) is 7.39. The predicted molar refractivity (Wildman–Crippen MR) is 130 cm³/mol. The number of nitrogens with zero attached hydrogens (tertiary/aromatic N) is 2. The maximum Gasteiger partial charge on any atom is 0.326 e. The molecule has 0 bridgehead atoms. The number of aromatic nitrogens is 1. The van der Waals surface area contributed by atoms with Gasteiger partial charge in [0, 0.05) is 31.5 Å². The number of hydrogen-bond donors (Lipinski definition) is 2. The summed E-state index contributed by atoms with van der Waals surface area (Å²) in [6, 6.07) is 18.3. The molecule has 0 aliphatic rings. The fourth-order valence-corrected chi connectivity index (χ4v) is 3.92. The van der Waals surface area contributed by atoms with Gasteiger partial charge in [-0.3, -0.25) is 9.78 Å². The number of hydrogen-bond acceptors (Lipinski definition) is 5. The van der Waals surface area contributed by atoms with Crippen molar-refractivity contribution in [1.29, 1.82) is 0 Å². The number of anilines is 1. The van der Waals surface area contributed by atoms with Gasteiger partial charge < -0.3 is 15.3 Å². The first-order valence-corrected chi connectivity index (χ1v) is 11.7. The number of pyridine rings is 1. The summed E-state index contributed by atoms with van der Waals surface area (Å²) in [5, 5.41) is 13.0. The Bertz CT molecular complexity index is 1040. The molecule has 6 nitrogen and oxygen atoms in total. The SMILES string of the molecule is CSCC[C@@H](C(=O)O)N(C)C(=O)c1ccc(CNc2cccnc2)cc1-c1ccccc1. The van der Waals surface area contributed by atoms with Crippen LogP contribution >= 0.6 is 11.8 Å². The van der Waals surface area contributed by atoms with E-state index in [4.69, 9.17) is 0 Å². The van der Waals surface area contributed by atoms with Crippen molar-refractivity contribution in [3.05, 3.63) is 84.2 Å². The maximum atomic E-state index is 13.4. The van der Waals surface area contributed by atoms with Crippen molar-refractivity contribution < 1.29 is 14.7 Å². The largest absolute Gasteiger partial charge is 0.480 e. The molecular weight excluding hydrogens is 422 g/mol. The van der Waals surface area contributed by atoms with E-state index in [1.807, 2.05) is 60.9 Å². The number of aliphatic carboxylic acids is 1. The van der Waals surface area contributed by atoms with Gasteiger partial charge in [0.25, 0.3) is 5.91 Å². The summed E-state index contributed by atoms with van der Waals surface area (Å²) in [4.78, 5) is 30.6. The highest BCUT2D eigenvalue weighted by Crippen LogP contribution is 2.27. The Morgan fingerprint density at radius 3 is 2.56 bits per heavy atom. The Morgan fingerprint density at radius 2 is 1.91 bits per heavy atom. The molecule has 0 aliphatic carbocycles. The molecule has 0 aliphatic heterocycles. The second kappa shape index (κ2) is 11.3. The summed E-state index contributed by atoms with van der Waals surface area (Å²) in [7, 11) is 1.56. The zero-order valence-corrected chi connectivity index (χ0v) is 19.0. The Hall–Kier alpha value is -3.32. The number of amides is 1. The highest BCUT2D eigenvalue weighted by atomic mass is 32.2. The molecule has 0 unspecified atom stereocenters. The van der Waals surface area contributed by atoms with Gasteiger partial charge >= 0.3 is 5.97 Å². The number of benzene rings is 2. The Kier molecular flexibility index (Phi) is 8.27. The van der Waals surface area contributed by atoms with Crippen molar-refractivity contribution in [2.75, 3.05) is 24.4 Å². The van der Waals surface area contributed by atoms with Crippen LogP contribution in [0.3, 0.4) is 0 Å². The number of likely N-dealkylation sites (N-methyl/N-ethyl adjacent to an activating group) is 1. The summed E-state index contributed by atoms with van der Waals surface area (Å²) < 4.78 is 0. The topological polar surface area (TPSA) is 82.5 Å². The molecular formula is C25H27N3O3S. The summed E-state index contributed by atoms with van der Waals surface area (Å²) in [5.74, 6) is -0.628. The highest BCUT2D eigenvalue weighted by molar-refractivity contribution is 7.98. The number of carboxylic acid groups (broad SMARTS) is 1. The number of nitrogens with one attached hydrogen (secondary N) is 1. The summed E-state index contributed by atoms with van der Waals surface area (Å²) in [6.07, 6.45) is 5.80. The monoisotopic (exact) mass is 449 g/mol. The van der Waals surface area contributed by atoms with E-state index in [0.29, 0.717) is 24.3 Å². The van der Waals surface area contributed by atoms with Crippen LogP contribution in [-0.4, -0.2) is 52.0 Å². The van der Waals surface area contributed by atoms with Gasteiger partial charge in [-0.1, -0.05) is 36.4 Å². The van der Waals surface area contributed by atoms with E-state index >= 15 is 0 Å². The molecule has 0 saturated carbocycles. The first-order chi connectivity index (χ1) is 15.5. The van der Waals surface area contributed by atoms with E-state index in [-0.39, 0.29) is 5.91 Å². The predicted octanol–water partition coefficient (Wildman–Crippen LogP) is 4.64. The van der Waals surface area contributed by atoms with Gasteiger partial charge in [0.1, 0.15) is 6.04 Å². The quantitative estimate of drug-likeness (QED) is 0.469. The van der Waals surface area contributed by atoms with E-state index in [0.717, 1.165) is 22.4 Å². The fraction of sp³-hybridized carbons (Fsp3) is 0.240. The molecule has 1 atom stereocenters. The molecule has 1 heterocycles. The van der Waals surface area contributed by atoms with E-state index in [9.17, 15) is 14.7 Å². The van der Waals surface area contributed by atoms with Crippen LogP contribution in [-0.2, 0) is 11.3 Å². The van der Waals surface area contributed by atoms with E-state index in [2.05, 4.69) is 10.3 Å². The lowest BCUT2D eigenvalue weighted by Crippen LogP contribution is -2.43. The number of rotatable bonds is 10. The normalized spacial score (nSPS) is 11.6. The molecule has 1 aromatic heterocycles. The van der Waals surface area contributed by atoms with Crippen molar-refractivity contribution in [2.45, 2.75) is 19.0 Å². The van der Waals surface area contributed by atoms with Crippen LogP contribution in [0.15, 0.2) is 73.1 Å². The minimum absolute atomic E-state index is 0.302. The van der Waals surface area contributed by atoms with Gasteiger partial charge in [0.05, 0.1) is 5.69 Å². The fourth-order valence-electron chi connectivity index (χ4n) is 3.46. The molecule has 2 N–H and O–H groups in total. The Morgan fingerprint density at radius 1 is 1.12 bits per heavy atom. The number of carbonyl (C=O) groups is 2. The van der Waals surface area contributed by atoms with Crippen molar-refractivity contribution in [3.8, 4) is 11.1 Å². The van der Waals surface area contributed by atoms with Gasteiger partial charge in [-0.05, 0) is 59.4 Å². The lowest BCUT2D eigenvalue weighted by Gasteiger charge is -2.26. The van der Waals surface area contributed by atoms with Crippen LogP contribution < -0.4 is 5.32 Å². The van der Waals surface area contributed by atoms with Crippen molar-refractivity contribution in [2.24, 2.45) is 0 Å². The molecule has 32 heavy (non-hydrogen) atoms. The van der Waals surface area contributed by atoms with E-state index in [1.165, 1.54) is 4.90 Å². The zero-order valence-electron chi connectivity index (χ0n) is 18.2. The molecule has 7 heteroatoms. The molecule has 0 fully saturated rings. The average molecular weight is 450 g/mol. The summed E-state index contributed by atoms with van der Waals surface area (Å²) >= 11 is 1.57. The maximum absolute atomic E-state index is 13.4. The lowest BCUT2D eigenvalue weighted by atomic mass is 9.96. The van der Waals surface area contributed by atoms with Crippen LogP contribution in [0.25, 0.3) is 11.1 Å². The van der Waals surface area contributed by atoms with Crippen LogP contribution in [0.1, 0.15) is 22.3 Å². The van der Waals surface area contributed by atoms with Gasteiger partial charge in [-0.2, -0.15) is 11.8 Å².